The summed E-state index contributed by atoms with van der Waals surface area (Å²) in [4.78, 5) is 40.6. The minimum Gasteiger partial charge on any atom is -1.00 e. The van der Waals surface area contributed by atoms with E-state index in [1.807, 2.05) is 125 Å². The number of pyridine rings is 4. The Morgan fingerprint density at radius 2 is 0.769 bits per heavy atom. The van der Waals surface area contributed by atoms with Gasteiger partial charge in [0, 0.05) is 74.0 Å². The topological polar surface area (TPSA) is 115 Å². The summed E-state index contributed by atoms with van der Waals surface area (Å²) < 4.78 is 135. The van der Waals surface area contributed by atoms with E-state index < -0.39 is 36.1 Å². The number of Topliss-reactive ketones (excluding diaryl/α,β-unsaturated/α-hetero) is 2. The van der Waals surface area contributed by atoms with E-state index in [4.69, 9.17) is 14.6 Å². The van der Waals surface area contributed by atoms with E-state index in [1.54, 1.807) is 0 Å². The Kier molecular flexibility index (Phi) is 68.6. The van der Waals surface area contributed by atoms with E-state index in [1.165, 1.54) is 6.92 Å². The SMILES string of the molecule is C.C.C.C.C.C.C.C.C.C.C=C(C)C(=O)O.CN1c2cc(CC(=O)C[n+]3ccc(-c4cc[n+](C)cc4)cc3)ccc2N(COCC2CO2)c2ccc(CC(=O)C[n+]3ccc(-c4cc[n+](C)cc4)cc3)cc21.FB(F)F.FB(F)F.FB(F)F.FB(F)F.[F-].[F-].[F-].[F-]. The number of fused-ring (bicyclic) bond motifs is 2. The van der Waals surface area contributed by atoms with Crippen molar-refractivity contribution in [3.63, 3.8) is 0 Å². The largest absolute Gasteiger partial charge is 1.00 e. The fourth-order valence-electron chi connectivity index (χ4n) is 7.06. The number of aromatic nitrogens is 4. The van der Waals surface area contributed by atoms with Crippen molar-refractivity contribution >= 4 is 70.5 Å². The van der Waals surface area contributed by atoms with E-state index in [2.05, 4.69) is 64.9 Å². The first kappa shape index (κ1) is 111. The van der Waals surface area contributed by atoms with Crippen LogP contribution in [0.4, 0.5) is 74.5 Å². The van der Waals surface area contributed by atoms with E-state index in [9.17, 15) is 66.2 Å². The number of epoxide rings is 1. The first-order valence-electron chi connectivity index (χ1n) is 22.8. The highest BCUT2D eigenvalue weighted by Gasteiger charge is 2.29. The molecule has 0 bridgehead atoms. The fraction of sp³-hybridized carbons (Fsp3) is 0.373. The first-order valence-corrected chi connectivity index (χ1v) is 22.8. The Balaban J connectivity index is -0.000000152. The standard InChI is InChI=1S/C45H46N6O4.C4H6O2.10CH4.4BF3.4FH/c1-46-16-8-35(9-17-46)37-12-20-49(21-13-37)28-39(52)24-33-4-6-42-44(26-33)48(3)45-27-34(5-7-43(45)51(42)32-54-30-41-31-55-41)25-40(53)29-50-22-14-38(15-23-50)36-10-18-47(2)19-11-36;1-3(2)4(5)6;;;;;;;;;;;4*2-1(3)4;;;;/h4-23,26-27,41H,24-25,28-32H2,1-3H3;1H2,2H3,(H,5,6);10*1H4;;;;;4*1H/q+4;;;;;;;;;;;;;;;;;;;/p-4. The van der Waals surface area contributed by atoms with Crippen LogP contribution in [0.1, 0.15) is 92.3 Å². The number of carboxylic acids is 1. The van der Waals surface area contributed by atoms with Gasteiger partial charge in [-0.2, -0.15) is 9.13 Å². The molecule has 8 rings (SSSR count). The zero-order chi connectivity index (χ0) is 57.4. The molecular weight excluding hydrogens is 1240 g/mol. The fourth-order valence-corrected chi connectivity index (χ4v) is 7.06. The maximum atomic E-state index is 13.4. The van der Waals surface area contributed by atoms with Crippen molar-refractivity contribution < 1.29 is 118 Å². The molecule has 91 heavy (non-hydrogen) atoms. The molecule has 6 heterocycles. The number of anilines is 4. The van der Waals surface area contributed by atoms with E-state index >= 15 is 0 Å². The normalized spacial score (nSPS) is 10.4. The summed E-state index contributed by atoms with van der Waals surface area (Å²) in [6.45, 7) is 6.79. The number of halogens is 16. The molecule has 0 aliphatic carbocycles. The smallest absolute Gasteiger partial charge is 0.762 e. The van der Waals surface area contributed by atoms with Gasteiger partial charge in [0.2, 0.25) is 24.7 Å². The number of rotatable bonds is 15. The van der Waals surface area contributed by atoms with Crippen LogP contribution in [-0.2, 0) is 63.9 Å². The molecule has 2 aromatic carbocycles. The molecule has 1 fully saturated rings. The van der Waals surface area contributed by atoms with E-state index in [0.29, 0.717) is 26.2 Å². The lowest BCUT2D eigenvalue weighted by Gasteiger charge is -2.38. The lowest BCUT2D eigenvalue weighted by molar-refractivity contribution is -0.684. The van der Waals surface area contributed by atoms with Gasteiger partial charge in [0.1, 0.15) is 26.9 Å². The molecule has 1 saturated heterocycles. The summed E-state index contributed by atoms with van der Waals surface area (Å²) in [5.74, 6) is -0.694. The molecule has 2 aliphatic rings. The second-order valence-corrected chi connectivity index (χ2v) is 16.6. The van der Waals surface area contributed by atoms with Gasteiger partial charge in [-0.3, -0.25) is 61.4 Å². The summed E-state index contributed by atoms with van der Waals surface area (Å²) in [6.07, 6.45) is 16.7. The maximum absolute atomic E-state index is 13.4. The Morgan fingerprint density at radius 3 is 1.01 bits per heavy atom. The molecular formula is C59H92B4F16N6O6. The number of carbonyl (C=O) groups is 3. The zero-order valence-electron chi connectivity index (χ0n) is 43.5. The van der Waals surface area contributed by atoms with Gasteiger partial charge < -0.3 is 43.2 Å². The average molecular weight is 1330 g/mol. The molecule has 2 aliphatic heterocycles. The van der Waals surface area contributed by atoms with Crippen LogP contribution in [0.25, 0.3) is 22.3 Å². The zero-order valence-corrected chi connectivity index (χ0v) is 43.5. The van der Waals surface area contributed by atoms with Gasteiger partial charge in [0.25, 0.3) is 0 Å². The molecule has 12 nitrogen and oxygen atoms in total. The number of carbonyl (C=O) groups excluding carboxylic acids is 2. The molecule has 0 amide bonds. The average Bonchev–Trinajstić information content (AvgIpc) is 4.18. The van der Waals surface area contributed by atoms with Gasteiger partial charge in [0.05, 0.1) is 36.0 Å². The number of aryl methyl sites for hydroxylation is 2. The van der Waals surface area contributed by atoms with Crippen LogP contribution in [0, 0.1) is 0 Å². The maximum Gasteiger partial charge on any atom is 0.762 e. The van der Waals surface area contributed by atoms with E-state index in [0.717, 1.165) is 62.7 Å². The Hall–Kier alpha value is -7.75. The lowest BCUT2D eigenvalue weighted by atomic mass is 10.0. The Morgan fingerprint density at radius 1 is 0.516 bits per heavy atom. The summed E-state index contributed by atoms with van der Waals surface area (Å²) >= 11 is 0. The Labute approximate surface area is 530 Å². The summed E-state index contributed by atoms with van der Waals surface area (Å²) in [7, 11) is -8.63. The minimum absolute atomic E-state index is 0. The second kappa shape index (κ2) is 56.2. The third kappa shape index (κ3) is 42.8. The van der Waals surface area contributed by atoms with E-state index in [-0.39, 0.29) is 129 Å². The van der Waals surface area contributed by atoms with Crippen LogP contribution in [-0.4, -0.2) is 85.9 Å². The number of benzene rings is 2. The number of ether oxygens (including phenoxy) is 2. The Bertz CT molecular complexity index is 2630. The van der Waals surface area contributed by atoms with Crippen LogP contribution in [0.3, 0.4) is 0 Å². The van der Waals surface area contributed by atoms with Gasteiger partial charge in [-0.1, -0.05) is 93.0 Å². The van der Waals surface area contributed by atoms with Crippen molar-refractivity contribution in [2.45, 2.75) is 113 Å². The predicted octanol–water partition coefficient (Wildman–Crippen LogP) is 3.00. The van der Waals surface area contributed by atoms with Crippen molar-refractivity contribution in [1.82, 2.24) is 0 Å². The predicted molar refractivity (Wildman–Crippen MR) is 334 cm³/mol. The van der Waals surface area contributed by atoms with Gasteiger partial charge in [-0.15, -0.1) is 0 Å². The molecule has 1 unspecified atom stereocenters. The monoisotopic (exact) mass is 1330 g/mol. The third-order valence-electron chi connectivity index (χ3n) is 10.6. The molecule has 1 N–H and O–H groups in total. The van der Waals surface area contributed by atoms with Crippen LogP contribution >= 0.6 is 0 Å². The molecule has 1 atom stereocenters. The van der Waals surface area contributed by atoms with Crippen LogP contribution in [0.5, 0.6) is 0 Å². The summed E-state index contributed by atoms with van der Waals surface area (Å²) in [5.41, 5.74) is 10.5. The lowest BCUT2D eigenvalue weighted by Crippen LogP contribution is -3.00. The molecule has 6 aromatic rings. The van der Waals surface area contributed by atoms with Crippen molar-refractivity contribution in [1.29, 1.82) is 0 Å². The second-order valence-electron chi connectivity index (χ2n) is 16.6. The molecule has 32 heteroatoms. The highest BCUT2D eigenvalue weighted by molar-refractivity contribution is 6.34. The van der Waals surface area contributed by atoms with Crippen LogP contribution < -0.4 is 46.9 Å². The van der Waals surface area contributed by atoms with Crippen LogP contribution in [0.2, 0.25) is 0 Å². The third-order valence-corrected chi connectivity index (χ3v) is 10.6. The van der Waals surface area contributed by atoms with Gasteiger partial charge >= 0.3 is 36.1 Å². The van der Waals surface area contributed by atoms with Gasteiger partial charge in [-0.05, 0) is 64.6 Å². The molecule has 4 aromatic heterocycles. The number of hydrogen-bond donors (Lipinski definition) is 1. The van der Waals surface area contributed by atoms with Crippen molar-refractivity contribution in [2.75, 3.05) is 36.8 Å². The van der Waals surface area contributed by atoms with Crippen molar-refractivity contribution in [2.24, 2.45) is 14.1 Å². The minimum atomic E-state index is -3.67. The molecule has 0 saturated carbocycles. The summed E-state index contributed by atoms with van der Waals surface area (Å²) in [5, 5.41) is 7.89. The van der Waals surface area contributed by atoms with Crippen molar-refractivity contribution in [3.05, 3.63) is 158 Å². The van der Waals surface area contributed by atoms with Crippen LogP contribution in [0.15, 0.2) is 147 Å². The highest BCUT2D eigenvalue weighted by Crippen LogP contribution is 2.48. The first-order chi connectivity index (χ1) is 36.3. The number of hydrogen-bond acceptors (Lipinski definition) is 7. The number of aliphatic carboxylic acids is 1. The molecule has 0 spiro atoms. The molecule has 0 radical (unpaired) electrons. The highest BCUT2D eigenvalue weighted by atomic mass is 19.4. The van der Waals surface area contributed by atoms with Gasteiger partial charge in [-0.25, -0.2) is 13.9 Å². The number of nitrogens with zero attached hydrogens (tertiary/aromatic N) is 6. The van der Waals surface area contributed by atoms with Crippen molar-refractivity contribution in [3.8, 4) is 22.3 Å². The molecule has 518 valence electrons. The quantitative estimate of drug-likeness (QED) is 0.0550. The summed E-state index contributed by atoms with van der Waals surface area (Å²) in [6, 6.07) is 28.9. The number of ketones is 2. The number of carboxylic acid groups (broad SMARTS) is 1. The van der Waals surface area contributed by atoms with Gasteiger partial charge in [0.15, 0.2) is 49.6 Å².